The third kappa shape index (κ3) is 2.97. The summed E-state index contributed by atoms with van der Waals surface area (Å²) in [4.78, 5) is 23.9. The first kappa shape index (κ1) is 14.1. The molecule has 0 fully saturated rings. The first-order valence-corrected chi connectivity index (χ1v) is 6.78. The van der Waals surface area contributed by atoms with Gasteiger partial charge in [-0.15, -0.1) is 11.3 Å². The van der Waals surface area contributed by atoms with Crippen LogP contribution >= 0.6 is 34.5 Å². The molecule has 19 heavy (non-hydrogen) atoms. The summed E-state index contributed by atoms with van der Waals surface area (Å²) in [6.07, 6.45) is 0. The molecule has 0 aliphatic heterocycles. The molecule has 0 N–H and O–H groups in total. The Balaban J connectivity index is 2.36. The normalized spacial score (nSPS) is 10.3. The molecule has 3 nitrogen and oxygen atoms in total. The fourth-order valence-corrected chi connectivity index (χ4v) is 2.80. The molecule has 0 saturated heterocycles. The second-order valence-corrected chi connectivity index (χ2v) is 5.72. The number of hydrogen-bond donors (Lipinski definition) is 0. The average Bonchev–Trinajstić information content (AvgIpc) is 2.80. The Hall–Kier alpha value is -1.36. The maximum absolute atomic E-state index is 12.2. The van der Waals surface area contributed by atoms with Crippen molar-refractivity contribution < 1.29 is 14.3 Å². The standard InChI is InChI=1S/C13H8Cl2O3S/c1-18-13(17)10-6-9(12(15)19-10)11(16)7-2-4-8(14)5-3-7/h2-6H,1H3. The van der Waals surface area contributed by atoms with Gasteiger partial charge in [0.25, 0.3) is 0 Å². The Kier molecular flexibility index (Phi) is 4.24. The third-order valence-corrected chi connectivity index (χ3v) is 4.01. The van der Waals surface area contributed by atoms with Crippen LogP contribution in [0.5, 0.6) is 0 Å². The summed E-state index contributed by atoms with van der Waals surface area (Å²) >= 11 is 12.8. The maximum atomic E-state index is 12.2. The lowest BCUT2D eigenvalue weighted by molar-refractivity contribution is 0.0606. The van der Waals surface area contributed by atoms with E-state index in [0.29, 0.717) is 15.5 Å². The summed E-state index contributed by atoms with van der Waals surface area (Å²) in [6, 6.07) is 7.90. The van der Waals surface area contributed by atoms with Crippen LogP contribution in [0.1, 0.15) is 25.6 Å². The van der Waals surface area contributed by atoms with Gasteiger partial charge in [-0.1, -0.05) is 23.2 Å². The van der Waals surface area contributed by atoms with Crippen LogP contribution in [-0.2, 0) is 4.74 Å². The Morgan fingerprint density at radius 1 is 1.16 bits per heavy atom. The van der Waals surface area contributed by atoms with Crippen molar-refractivity contribution in [1.29, 1.82) is 0 Å². The number of hydrogen-bond acceptors (Lipinski definition) is 4. The highest BCUT2D eigenvalue weighted by atomic mass is 35.5. The molecule has 1 aromatic carbocycles. The van der Waals surface area contributed by atoms with Gasteiger partial charge in [0, 0.05) is 10.6 Å². The van der Waals surface area contributed by atoms with Crippen molar-refractivity contribution in [2.24, 2.45) is 0 Å². The van der Waals surface area contributed by atoms with Crippen LogP contribution in [0.2, 0.25) is 9.36 Å². The Bertz CT molecular complexity index is 632. The van der Waals surface area contributed by atoms with E-state index in [1.165, 1.54) is 13.2 Å². The van der Waals surface area contributed by atoms with E-state index >= 15 is 0 Å². The number of rotatable bonds is 3. The number of ether oxygens (including phenoxy) is 1. The van der Waals surface area contributed by atoms with Crippen molar-refractivity contribution >= 4 is 46.3 Å². The number of benzene rings is 1. The summed E-state index contributed by atoms with van der Waals surface area (Å²) < 4.78 is 4.85. The SMILES string of the molecule is COC(=O)c1cc(C(=O)c2ccc(Cl)cc2)c(Cl)s1. The second-order valence-electron chi connectivity index (χ2n) is 3.63. The molecular formula is C13H8Cl2O3S. The van der Waals surface area contributed by atoms with Crippen LogP contribution in [0.25, 0.3) is 0 Å². The molecule has 2 aromatic rings. The Morgan fingerprint density at radius 2 is 1.79 bits per heavy atom. The summed E-state index contributed by atoms with van der Waals surface area (Å²) in [6.45, 7) is 0. The lowest BCUT2D eigenvalue weighted by Crippen LogP contribution is -2.01. The number of carbonyl (C=O) groups is 2. The lowest BCUT2D eigenvalue weighted by Gasteiger charge is -1.99. The van der Waals surface area contributed by atoms with Gasteiger partial charge in [0.15, 0.2) is 5.78 Å². The molecule has 98 valence electrons. The van der Waals surface area contributed by atoms with E-state index in [0.717, 1.165) is 11.3 Å². The van der Waals surface area contributed by atoms with Crippen molar-refractivity contribution in [3.63, 3.8) is 0 Å². The zero-order valence-electron chi connectivity index (χ0n) is 9.78. The van der Waals surface area contributed by atoms with E-state index in [1.807, 2.05) is 0 Å². The summed E-state index contributed by atoms with van der Waals surface area (Å²) in [7, 11) is 1.27. The van der Waals surface area contributed by atoms with E-state index < -0.39 is 5.97 Å². The third-order valence-electron chi connectivity index (χ3n) is 2.42. The minimum absolute atomic E-state index is 0.256. The van der Waals surface area contributed by atoms with Crippen LogP contribution in [0.4, 0.5) is 0 Å². The zero-order chi connectivity index (χ0) is 14.0. The van der Waals surface area contributed by atoms with Gasteiger partial charge in [-0.25, -0.2) is 4.79 Å². The number of methoxy groups -OCH3 is 1. The van der Waals surface area contributed by atoms with Crippen molar-refractivity contribution in [3.8, 4) is 0 Å². The summed E-state index contributed by atoms with van der Waals surface area (Å²) in [5, 5.41) is 0.545. The number of esters is 1. The van der Waals surface area contributed by atoms with Gasteiger partial charge in [0.1, 0.15) is 9.21 Å². The first-order chi connectivity index (χ1) is 9.02. The number of carbonyl (C=O) groups excluding carboxylic acids is 2. The van der Waals surface area contributed by atoms with Crippen LogP contribution in [-0.4, -0.2) is 18.9 Å². The predicted molar refractivity (Wildman–Crippen MR) is 75.6 cm³/mol. The monoisotopic (exact) mass is 314 g/mol. The lowest BCUT2D eigenvalue weighted by atomic mass is 10.1. The molecule has 0 bridgehead atoms. The van der Waals surface area contributed by atoms with Crippen LogP contribution in [0.15, 0.2) is 30.3 Å². The van der Waals surface area contributed by atoms with Gasteiger partial charge in [-0.3, -0.25) is 4.79 Å². The van der Waals surface area contributed by atoms with E-state index in [1.54, 1.807) is 24.3 Å². The molecule has 6 heteroatoms. The maximum Gasteiger partial charge on any atom is 0.348 e. The van der Waals surface area contributed by atoms with E-state index in [-0.39, 0.29) is 15.7 Å². The van der Waals surface area contributed by atoms with Crippen molar-refractivity contribution in [2.75, 3.05) is 7.11 Å². The summed E-state index contributed by atoms with van der Waals surface area (Å²) in [5.74, 6) is -0.768. The molecule has 1 aromatic heterocycles. The van der Waals surface area contributed by atoms with Crippen molar-refractivity contribution in [3.05, 3.63) is 55.7 Å². The van der Waals surface area contributed by atoms with Gasteiger partial charge < -0.3 is 4.74 Å². The fourth-order valence-electron chi connectivity index (χ4n) is 1.48. The van der Waals surface area contributed by atoms with Crippen LogP contribution < -0.4 is 0 Å². The van der Waals surface area contributed by atoms with Gasteiger partial charge in [-0.2, -0.15) is 0 Å². The minimum Gasteiger partial charge on any atom is -0.465 e. The van der Waals surface area contributed by atoms with E-state index in [9.17, 15) is 9.59 Å². The number of thiophene rings is 1. The van der Waals surface area contributed by atoms with Crippen molar-refractivity contribution in [1.82, 2.24) is 0 Å². The molecule has 1 heterocycles. The summed E-state index contributed by atoms with van der Waals surface area (Å²) in [5.41, 5.74) is 0.745. The molecule has 0 atom stereocenters. The molecule has 0 radical (unpaired) electrons. The highest BCUT2D eigenvalue weighted by Gasteiger charge is 2.19. The molecule has 0 amide bonds. The topological polar surface area (TPSA) is 43.4 Å². The van der Waals surface area contributed by atoms with Crippen LogP contribution in [0.3, 0.4) is 0 Å². The molecule has 0 saturated carbocycles. The second kappa shape index (κ2) is 5.74. The van der Waals surface area contributed by atoms with Crippen molar-refractivity contribution in [2.45, 2.75) is 0 Å². The van der Waals surface area contributed by atoms with Gasteiger partial charge in [0.2, 0.25) is 0 Å². The first-order valence-electron chi connectivity index (χ1n) is 5.21. The number of ketones is 1. The molecule has 0 unspecified atom stereocenters. The molecular weight excluding hydrogens is 307 g/mol. The quantitative estimate of drug-likeness (QED) is 0.633. The molecule has 0 spiro atoms. The molecule has 0 aliphatic rings. The largest absolute Gasteiger partial charge is 0.465 e. The predicted octanol–water partition coefficient (Wildman–Crippen LogP) is 4.07. The minimum atomic E-state index is -0.512. The fraction of sp³-hybridized carbons (Fsp3) is 0.0769. The van der Waals surface area contributed by atoms with Gasteiger partial charge in [0.05, 0.1) is 12.7 Å². The average molecular weight is 315 g/mol. The zero-order valence-corrected chi connectivity index (χ0v) is 12.1. The Morgan fingerprint density at radius 3 is 2.37 bits per heavy atom. The molecule has 2 rings (SSSR count). The smallest absolute Gasteiger partial charge is 0.348 e. The molecule has 0 aliphatic carbocycles. The highest BCUT2D eigenvalue weighted by molar-refractivity contribution is 7.18. The van der Waals surface area contributed by atoms with Gasteiger partial charge >= 0.3 is 5.97 Å². The van der Waals surface area contributed by atoms with Crippen LogP contribution in [0, 0.1) is 0 Å². The highest BCUT2D eigenvalue weighted by Crippen LogP contribution is 2.30. The van der Waals surface area contributed by atoms with E-state index in [4.69, 9.17) is 23.2 Å². The Labute approximate surface area is 123 Å². The van der Waals surface area contributed by atoms with Gasteiger partial charge in [-0.05, 0) is 30.3 Å². The van der Waals surface area contributed by atoms with E-state index in [2.05, 4.69) is 4.74 Å². The number of halogens is 2.